The first-order valence-corrected chi connectivity index (χ1v) is 9.77. The van der Waals surface area contributed by atoms with Gasteiger partial charge < -0.3 is 10.1 Å². The predicted molar refractivity (Wildman–Crippen MR) is 112 cm³/mol. The third kappa shape index (κ3) is 4.05. The van der Waals surface area contributed by atoms with Crippen molar-refractivity contribution in [2.75, 3.05) is 12.4 Å². The van der Waals surface area contributed by atoms with E-state index in [4.69, 9.17) is 4.74 Å². The summed E-state index contributed by atoms with van der Waals surface area (Å²) in [5.74, 6) is 0.331. The molecule has 1 N–H and O–H groups in total. The van der Waals surface area contributed by atoms with E-state index in [1.807, 2.05) is 29.6 Å². The second kappa shape index (κ2) is 8.29. The number of nitriles is 1. The zero-order valence-electron chi connectivity index (χ0n) is 16.5. The van der Waals surface area contributed by atoms with Crippen LogP contribution in [-0.4, -0.2) is 22.6 Å². The molecular formula is C21H20N4O3S. The largest absolute Gasteiger partial charge is 0.497 e. The first-order chi connectivity index (χ1) is 13.8. The Morgan fingerprint density at radius 1 is 1.31 bits per heavy atom. The molecule has 0 spiro atoms. The van der Waals surface area contributed by atoms with Gasteiger partial charge in [0.05, 0.1) is 12.7 Å². The van der Waals surface area contributed by atoms with Crippen LogP contribution in [0.1, 0.15) is 29.9 Å². The Kier molecular flexibility index (Phi) is 5.80. The maximum Gasteiger partial charge on any atom is 0.348 e. The third-order valence-electron chi connectivity index (χ3n) is 4.58. The number of carbonyl (C=O) groups is 1. The molecule has 0 radical (unpaired) electrons. The highest BCUT2D eigenvalue weighted by atomic mass is 32.1. The lowest BCUT2D eigenvalue weighted by Gasteiger charge is -2.17. The van der Waals surface area contributed by atoms with Crippen LogP contribution in [0.5, 0.6) is 5.75 Å². The molecule has 0 saturated heterocycles. The van der Waals surface area contributed by atoms with Gasteiger partial charge in [0, 0.05) is 22.3 Å². The number of ether oxygens (including phenoxy) is 1. The van der Waals surface area contributed by atoms with Gasteiger partial charge in [-0.15, -0.1) is 11.3 Å². The molecular weight excluding hydrogens is 388 g/mol. The average Bonchev–Trinajstić information content (AvgIpc) is 3.09. The topological polar surface area (TPSA) is 97.0 Å². The molecule has 0 aliphatic carbocycles. The molecule has 148 valence electrons. The number of rotatable bonds is 5. The lowest BCUT2D eigenvalue weighted by Crippen LogP contribution is -2.34. The van der Waals surface area contributed by atoms with Crippen molar-refractivity contribution in [3.8, 4) is 22.9 Å². The molecule has 0 aliphatic rings. The zero-order chi connectivity index (χ0) is 21.1. The molecule has 7 nitrogen and oxygen atoms in total. The highest BCUT2D eigenvalue weighted by Gasteiger charge is 2.22. The maximum atomic E-state index is 12.8. The molecule has 0 fully saturated rings. The molecule has 29 heavy (non-hydrogen) atoms. The van der Waals surface area contributed by atoms with E-state index < -0.39 is 11.7 Å². The van der Waals surface area contributed by atoms with Crippen molar-refractivity contribution in [3.05, 3.63) is 63.1 Å². The number of nitrogens with zero attached hydrogens (tertiary/aromatic N) is 3. The Labute approximate surface area is 172 Å². The second-order valence-corrected chi connectivity index (χ2v) is 7.43. The van der Waals surface area contributed by atoms with Gasteiger partial charge >= 0.3 is 5.69 Å². The summed E-state index contributed by atoms with van der Waals surface area (Å²) in [5.41, 5.74) is 2.74. The zero-order valence-corrected chi connectivity index (χ0v) is 17.3. The van der Waals surface area contributed by atoms with E-state index in [1.165, 1.54) is 15.9 Å². The quantitative estimate of drug-likeness (QED) is 0.695. The van der Waals surface area contributed by atoms with Crippen LogP contribution in [0.4, 0.5) is 5.00 Å². The van der Waals surface area contributed by atoms with Gasteiger partial charge in [0.1, 0.15) is 22.9 Å². The van der Waals surface area contributed by atoms with Crippen molar-refractivity contribution >= 4 is 22.2 Å². The summed E-state index contributed by atoms with van der Waals surface area (Å²) in [6.45, 7) is 5.12. The number of hydrogen-bond acceptors (Lipinski definition) is 6. The fraction of sp³-hybridized carbons (Fsp3) is 0.238. The van der Waals surface area contributed by atoms with E-state index in [0.717, 1.165) is 16.9 Å². The molecule has 1 amide bonds. The summed E-state index contributed by atoms with van der Waals surface area (Å²) in [4.78, 5) is 28.9. The molecule has 0 bridgehead atoms. The van der Waals surface area contributed by atoms with Gasteiger partial charge in [0.25, 0.3) is 0 Å². The standard InChI is InChI=1S/C21H20N4O3S/c1-12-9-13(2)25(21(27)23-12)14(3)19(26)24-20-17(10-22)18(11-29-20)15-5-7-16(28-4)8-6-15/h5-9,11,14H,1-4H3,(H,24,26). The molecule has 3 rings (SSSR count). The van der Waals surface area contributed by atoms with Crippen LogP contribution in [0.15, 0.2) is 40.5 Å². The van der Waals surface area contributed by atoms with Crippen LogP contribution in [0.3, 0.4) is 0 Å². The summed E-state index contributed by atoms with van der Waals surface area (Å²) < 4.78 is 6.50. The van der Waals surface area contributed by atoms with Crippen LogP contribution in [-0.2, 0) is 4.79 Å². The van der Waals surface area contributed by atoms with E-state index in [0.29, 0.717) is 22.0 Å². The van der Waals surface area contributed by atoms with Crippen LogP contribution in [0.25, 0.3) is 11.1 Å². The van der Waals surface area contributed by atoms with Crippen molar-refractivity contribution in [2.24, 2.45) is 0 Å². The lowest BCUT2D eigenvalue weighted by molar-refractivity contribution is -0.118. The lowest BCUT2D eigenvalue weighted by atomic mass is 10.0. The van der Waals surface area contributed by atoms with E-state index in [-0.39, 0.29) is 5.91 Å². The highest BCUT2D eigenvalue weighted by molar-refractivity contribution is 7.15. The smallest absolute Gasteiger partial charge is 0.348 e. The van der Waals surface area contributed by atoms with Gasteiger partial charge in [-0.2, -0.15) is 10.2 Å². The number of hydrogen-bond donors (Lipinski definition) is 1. The number of aryl methyl sites for hydroxylation is 2. The number of nitrogens with one attached hydrogen (secondary N) is 1. The van der Waals surface area contributed by atoms with E-state index in [9.17, 15) is 14.9 Å². The maximum absolute atomic E-state index is 12.8. The molecule has 3 aromatic rings. The molecule has 1 unspecified atom stereocenters. The number of benzene rings is 1. The van der Waals surface area contributed by atoms with Crippen molar-refractivity contribution < 1.29 is 9.53 Å². The normalized spacial score (nSPS) is 11.6. The first kappa shape index (κ1) is 20.3. The fourth-order valence-corrected chi connectivity index (χ4v) is 4.03. The molecule has 0 aliphatic heterocycles. The Bertz CT molecular complexity index is 1160. The van der Waals surface area contributed by atoms with Crippen molar-refractivity contribution in [2.45, 2.75) is 26.8 Å². The minimum atomic E-state index is -0.770. The monoisotopic (exact) mass is 408 g/mol. The van der Waals surface area contributed by atoms with Gasteiger partial charge in [-0.1, -0.05) is 12.1 Å². The minimum Gasteiger partial charge on any atom is -0.497 e. The number of methoxy groups -OCH3 is 1. The van der Waals surface area contributed by atoms with Crippen LogP contribution >= 0.6 is 11.3 Å². The Hall–Kier alpha value is -3.44. The summed E-state index contributed by atoms with van der Waals surface area (Å²) in [6.07, 6.45) is 0. The van der Waals surface area contributed by atoms with Crippen molar-refractivity contribution in [3.63, 3.8) is 0 Å². The van der Waals surface area contributed by atoms with Crippen LogP contribution in [0, 0.1) is 25.2 Å². The summed E-state index contributed by atoms with van der Waals surface area (Å²) >= 11 is 1.27. The summed E-state index contributed by atoms with van der Waals surface area (Å²) in [7, 11) is 1.59. The van der Waals surface area contributed by atoms with Crippen LogP contribution in [0.2, 0.25) is 0 Å². The molecule has 2 aromatic heterocycles. The highest BCUT2D eigenvalue weighted by Crippen LogP contribution is 2.36. The summed E-state index contributed by atoms with van der Waals surface area (Å²) in [5, 5.41) is 14.7. The van der Waals surface area contributed by atoms with Gasteiger partial charge in [-0.3, -0.25) is 9.36 Å². The van der Waals surface area contributed by atoms with Crippen LogP contribution < -0.4 is 15.7 Å². The van der Waals surface area contributed by atoms with Gasteiger partial charge in [-0.25, -0.2) is 4.79 Å². The Balaban J connectivity index is 1.89. The summed E-state index contributed by atoms with van der Waals surface area (Å²) in [6, 6.07) is 10.5. The Morgan fingerprint density at radius 2 is 2.00 bits per heavy atom. The van der Waals surface area contributed by atoms with Crippen molar-refractivity contribution in [1.29, 1.82) is 5.26 Å². The van der Waals surface area contributed by atoms with Gasteiger partial charge in [0.2, 0.25) is 5.91 Å². The third-order valence-corrected chi connectivity index (χ3v) is 5.48. The molecule has 0 saturated carbocycles. The second-order valence-electron chi connectivity index (χ2n) is 6.55. The Morgan fingerprint density at radius 3 is 2.59 bits per heavy atom. The van der Waals surface area contributed by atoms with E-state index >= 15 is 0 Å². The number of thiophene rings is 1. The molecule has 1 atom stereocenters. The molecule has 2 heterocycles. The fourth-order valence-electron chi connectivity index (χ4n) is 3.11. The van der Waals surface area contributed by atoms with Gasteiger partial charge in [-0.05, 0) is 44.5 Å². The van der Waals surface area contributed by atoms with Crippen molar-refractivity contribution in [1.82, 2.24) is 9.55 Å². The number of amides is 1. The minimum absolute atomic E-state index is 0.381. The number of aromatic nitrogens is 2. The predicted octanol–water partition coefficient (Wildman–Crippen LogP) is 3.67. The number of anilines is 1. The molecule has 1 aromatic carbocycles. The SMILES string of the molecule is COc1ccc(-c2csc(NC(=O)C(C)n3c(C)cc(C)nc3=O)c2C#N)cc1. The average molecular weight is 408 g/mol. The first-order valence-electron chi connectivity index (χ1n) is 8.89. The van der Waals surface area contributed by atoms with E-state index in [1.54, 1.807) is 33.9 Å². The van der Waals surface area contributed by atoms with E-state index in [2.05, 4.69) is 16.4 Å². The number of carbonyl (C=O) groups excluding carboxylic acids is 1. The molecule has 8 heteroatoms. The van der Waals surface area contributed by atoms with Gasteiger partial charge in [0.15, 0.2) is 0 Å².